The molecule has 3 heterocycles. The number of amides is 1. The van der Waals surface area contributed by atoms with E-state index >= 15 is 0 Å². The number of nitrogens with one attached hydrogen (secondary N) is 2. The van der Waals surface area contributed by atoms with Crippen LogP contribution in [0.4, 0.5) is 0 Å². The third-order valence-electron chi connectivity index (χ3n) is 8.22. The Morgan fingerprint density at radius 2 is 1.97 bits per heavy atom. The summed E-state index contributed by atoms with van der Waals surface area (Å²) >= 11 is 0. The first-order valence-corrected chi connectivity index (χ1v) is 12.9. The number of piperazine rings is 1. The number of carbonyl (C=O) groups is 3. The van der Waals surface area contributed by atoms with Crippen LogP contribution in [0.1, 0.15) is 43.0 Å². The first-order valence-electron chi connectivity index (χ1n) is 12.9. The van der Waals surface area contributed by atoms with E-state index in [1.807, 2.05) is 17.9 Å². The lowest BCUT2D eigenvalue weighted by Crippen LogP contribution is -2.71. The van der Waals surface area contributed by atoms with Crippen molar-refractivity contribution in [1.29, 1.82) is 5.26 Å². The molecule has 4 aliphatic rings. The number of fused-ring (bicyclic) bond motifs is 6. The number of aryl methyl sites for hydroxylation is 1. The fraction of sp³-hybridized carbons (Fsp3) is 0.500. The molecule has 1 aromatic rings. The molecule has 5 rings (SSSR count). The van der Waals surface area contributed by atoms with Crippen LogP contribution >= 0.6 is 0 Å². The zero-order valence-corrected chi connectivity index (χ0v) is 22.6. The van der Waals surface area contributed by atoms with Gasteiger partial charge in [-0.2, -0.15) is 5.26 Å². The fourth-order valence-corrected chi connectivity index (χ4v) is 6.64. The van der Waals surface area contributed by atoms with Crippen LogP contribution in [0.2, 0.25) is 0 Å². The Hall–Kier alpha value is -3.72. The standard InChI is InChI=1S/C28H32N4O7/c1-12-6-15-7-17-19(9-29)32-18(23(31-17)21(15)28(27(12)38-5)39-11-37-4)8-16-22(20(32)10-30-14(3)33)26(36)25(35)13(2)24(16)34/h6,17-20,23,31,35H,7-8,10-11H2,1-5H3,(H,30,33)/t17-,18?,19+,20+,23-/m1/s1. The highest BCUT2D eigenvalue weighted by Gasteiger charge is 2.55. The van der Waals surface area contributed by atoms with Gasteiger partial charge in [0.25, 0.3) is 0 Å². The van der Waals surface area contributed by atoms with E-state index in [0.717, 1.165) is 16.7 Å². The van der Waals surface area contributed by atoms with E-state index < -0.39 is 35.5 Å². The molecule has 1 aromatic carbocycles. The number of methoxy groups -OCH3 is 2. The van der Waals surface area contributed by atoms with Crippen LogP contribution in [-0.4, -0.2) is 79.2 Å². The summed E-state index contributed by atoms with van der Waals surface area (Å²) in [6.45, 7) is 4.73. The van der Waals surface area contributed by atoms with Crippen molar-refractivity contribution in [2.75, 3.05) is 27.6 Å². The quantitative estimate of drug-likeness (QED) is 0.359. The zero-order valence-electron chi connectivity index (χ0n) is 22.6. The van der Waals surface area contributed by atoms with Gasteiger partial charge in [-0.3, -0.25) is 19.3 Å². The van der Waals surface area contributed by atoms with Crippen LogP contribution in [0.5, 0.6) is 11.5 Å². The Bertz CT molecular complexity index is 1370. The number of ketones is 2. The summed E-state index contributed by atoms with van der Waals surface area (Å²) in [6, 6.07) is 1.87. The normalized spacial score (nSPS) is 27.8. The van der Waals surface area contributed by atoms with E-state index in [1.165, 1.54) is 21.0 Å². The van der Waals surface area contributed by atoms with E-state index in [9.17, 15) is 24.8 Å². The Labute approximate surface area is 226 Å². The predicted octanol–water partition coefficient (Wildman–Crippen LogP) is 1.31. The van der Waals surface area contributed by atoms with E-state index in [0.29, 0.717) is 23.5 Å². The number of aliphatic hydroxyl groups excluding tert-OH is 1. The van der Waals surface area contributed by atoms with Gasteiger partial charge in [-0.25, -0.2) is 0 Å². The SMILES string of the molecule is COCOc1c(OC)c(C)cc2c1[C@@H]1N[C@H](C2)[C@H](C#N)N2C1CC1=C(C(=O)C(O)=C(C)C1=O)[C@@H]2CNC(C)=O. The first kappa shape index (κ1) is 26.9. The summed E-state index contributed by atoms with van der Waals surface area (Å²) in [5, 5.41) is 27.3. The van der Waals surface area contributed by atoms with Gasteiger partial charge in [-0.05, 0) is 37.8 Å². The number of benzene rings is 1. The number of carbonyl (C=O) groups excluding carboxylic acids is 3. The molecule has 206 valence electrons. The van der Waals surface area contributed by atoms with Crippen LogP contribution < -0.4 is 20.1 Å². The Kier molecular flexibility index (Phi) is 6.97. The zero-order chi connectivity index (χ0) is 28.2. The third kappa shape index (κ3) is 4.11. The summed E-state index contributed by atoms with van der Waals surface area (Å²) < 4.78 is 17.0. The molecule has 0 radical (unpaired) electrons. The molecule has 11 heteroatoms. The van der Waals surface area contributed by atoms with Crippen LogP contribution in [0, 0.1) is 18.3 Å². The lowest BCUT2D eigenvalue weighted by molar-refractivity contribution is -0.121. The molecular weight excluding hydrogens is 504 g/mol. The van der Waals surface area contributed by atoms with Gasteiger partial charge in [0.05, 0.1) is 25.3 Å². The number of nitriles is 1. The molecule has 2 bridgehead atoms. The van der Waals surface area contributed by atoms with E-state index in [-0.39, 0.29) is 48.9 Å². The number of allylic oxidation sites excluding steroid dienone is 2. The largest absolute Gasteiger partial charge is 0.504 e. The number of ether oxygens (including phenoxy) is 3. The number of rotatable bonds is 6. The van der Waals surface area contributed by atoms with Gasteiger partial charge in [0.2, 0.25) is 11.7 Å². The van der Waals surface area contributed by atoms with E-state index in [2.05, 4.69) is 16.7 Å². The van der Waals surface area contributed by atoms with Crippen LogP contribution in [0.25, 0.3) is 0 Å². The molecule has 0 saturated carbocycles. The smallest absolute Gasteiger partial charge is 0.225 e. The molecular formula is C28H32N4O7. The average molecular weight is 537 g/mol. The molecule has 1 amide bonds. The number of hydrogen-bond donors (Lipinski definition) is 3. The van der Waals surface area contributed by atoms with E-state index in [4.69, 9.17) is 14.2 Å². The van der Waals surface area contributed by atoms with Crippen molar-refractivity contribution in [2.24, 2.45) is 0 Å². The van der Waals surface area contributed by atoms with Gasteiger partial charge in [-0.15, -0.1) is 0 Å². The van der Waals surface area contributed by atoms with Gasteiger partial charge in [0.1, 0.15) is 6.04 Å². The molecule has 1 aliphatic carbocycles. The number of hydrogen-bond acceptors (Lipinski definition) is 10. The molecule has 11 nitrogen and oxygen atoms in total. The summed E-state index contributed by atoms with van der Waals surface area (Å²) in [4.78, 5) is 40.7. The molecule has 3 N–H and O–H groups in total. The minimum atomic E-state index is -0.789. The maximum absolute atomic E-state index is 13.4. The molecule has 0 aromatic heterocycles. The topological polar surface area (TPSA) is 150 Å². The van der Waals surface area contributed by atoms with Crippen molar-refractivity contribution >= 4 is 17.5 Å². The lowest BCUT2D eigenvalue weighted by atomic mass is 9.70. The monoisotopic (exact) mass is 536 g/mol. The van der Waals surface area contributed by atoms with Crippen molar-refractivity contribution in [2.45, 2.75) is 63.8 Å². The summed E-state index contributed by atoms with van der Waals surface area (Å²) in [5.74, 6) is -0.849. The molecule has 1 fully saturated rings. The van der Waals surface area contributed by atoms with Crippen molar-refractivity contribution < 1.29 is 33.7 Å². The molecule has 1 unspecified atom stereocenters. The fourth-order valence-electron chi connectivity index (χ4n) is 6.64. The maximum Gasteiger partial charge on any atom is 0.225 e. The molecule has 39 heavy (non-hydrogen) atoms. The van der Waals surface area contributed by atoms with Gasteiger partial charge < -0.3 is 30.0 Å². The predicted molar refractivity (Wildman–Crippen MR) is 138 cm³/mol. The van der Waals surface area contributed by atoms with E-state index in [1.54, 1.807) is 7.11 Å². The van der Waals surface area contributed by atoms with Gasteiger partial charge in [0.15, 0.2) is 29.8 Å². The molecule has 0 spiro atoms. The van der Waals surface area contributed by atoms with Crippen molar-refractivity contribution in [3.63, 3.8) is 0 Å². The van der Waals surface area contributed by atoms with Gasteiger partial charge in [0, 0.05) is 54.9 Å². The van der Waals surface area contributed by atoms with Crippen molar-refractivity contribution in [3.05, 3.63) is 45.2 Å². The number of aliphatic hydroxyl groups is 1. The Morgan fingerprint density at radius 1 is 1.23 bits per heavy atom. The highest BCUT2D eigenvalue weighted by Crippen LogP contribution is 2.51. The van der Waals surface area contributed by atoms with Gasteiger partial charge >= 0.3 is 0 Å². The molecule has 1 saturated heterocycles. The molecule has 5 atom stereocenters. The second kappa shape index (κ2) is 10.1. The summed E-state index contributed by atoms with van der Waals surface area (Å²) in [6.07, 6.45) is 0.681. The third-order valence-corrected chi connectivity index (χ3v) is 8.22. The van der Waals surface area contributed by atoms with Crippen molar-refractivity contribution in [1.82, 2.24) is 15.5 Å². The lowest BCUT2D eigenvalue weighted by Gasteiger charge is -2.57. The summed E-state index contributed by atoms with van der Waals surface area (Å²) in [7, 11) is 3.10. The van der Waals surface area contributed by atoms with Crippen LogP contribution in [0.15, 0.2) is 28.5 Å². The number of nitrogens with zero attached hydrogens (tertiary/aromatic N) is 2. The average Bonchev–Trinajstić information content (AvgIpc) is 2.91. The van der Waals surface area contributed by atoms with Crippen molar-refractivity contribution in [3.8, 4) is 17.6 Å². The van der Waals surface area contributed by atoms with Crippen LogP contribution in [0.3, 0.4) is 0 Å². The minimum absolute atomic E-state index is 0.00470. The highest BCUT2D eigenvalue weighted by molar-refractivity contribution is 6.24. The first-order chi connectivity index (χ1) is 18.6. The second-order valence-corrected chi connectivity index (χ2v) is 10.4. The number of Topliss-reactive ketones (excluding diaryl/α,β-unsaturated/α-hetero) is 2. The summed E-state index contributed by atoms with van der Waals surface area (Å²) in [5.41, 5.74) is 3.18. The Morgan fingerprint density at radius 3 is 2.62 bits per heavy atom. The molecule has 3 aliphatic heterocycles. The van der Waals surface area contributed by atoms with Gasteiger partial charge in [-0.1, -0.05) is 6.07 Å². The highest BCUT2D eigenvalue weighted by atomic mass is 16.7. The minimum Gasteiger partial charge on any atom is -0.504 e. The van der Waals surface area contributed by atoms with Crippen LogP contribution in [-0.2, 0) is 25.5 Å². The Balaban J connectivity index is 1.71. The second-order valence-electron chi connectivity index (χ2n) is 10.4. The maximum atomic E-state index is 13.4.